The summed E-state index contributed by atoms with van der Waals surface area (Å²) in [6.07, 6.45) is 1.87. The average molecular weight is 300 g/mol. The quantitative estimate of drug-likeness (QED) is 0.787. The van der Waals surface area contributed by atoms with E-state index in [-0.39, 0.29) is 12.4 Å². The van der Waals surface area contributed by atoms with Crippen LogP contribution in [0.15, 0.2) is 42.5 Å². The van der Waals surface area contributed by atoms with Gasteiger partial charge < -0.3 is 14.6 Å². The molecule has 0 atom stereocenters. The standard InChI is InChI=1S/C18H20O4/c1-3-13-9-14(4-2)11-15(10-13)21-12-22-17-8-6-5-7-16(17)18(19)20/h5-11H,3-4,12H2,1-2H3,(H,19,20). The number of carboxylic acids is 1. The maximum atomic E-state index is 11.1. The minimum absolute atomic E-state index is 0.0272. The van der Waals surface area contributed by atoms with Crippen LogP contribution >= 0.6 is 0 Å². The van der Waals surface area contributed by atoms with Gasteiger partial charge in [0.15, 0.2) is 0 Å². The highest BCUT2D eigenvalue weighted by molar-refractivity contribution is 5.90. The van der Waals surface area contributed by atoms with E-state index >= 15 is 0 Å². The van der Waals surface area contributed by atoms with Crippen LogP contribution in [0.2, 0.25) is 0 Å². The summed E-state index contributed by atoms with van der Waals surface area (Å²) in [5.74, 6) is 0.0261. The molecule has 0 aliphatic heterocycles. The van der Waals surface area contributed by atoms with Gasteiger partial charge in [-0.2, -0.15) is 0 Å². The molecule has 0 spiro atoms. The molecule has 0 aliphatic carbocycles. The first-order valence-corrected chi connectivity index (χ1v) is 7.34. The lowest BCUT2D eigenvalue weighted by Gasteiger charge is -2.12. The molecular weight excluding hydrogens is 280 g/mol. The fraction of sp³-hybridized carbons (Fsp3) is 0.278. The molecule has 0 unspecified atom stereocenters. The summed E-state index contributed by atoms with van der Waals surface area (Å²) in [6.45, 7) is 4.16. The molecule has 4 heteroatoms. The Morgan fingerprint density at radius 2 is 1.64 bits per heavy atom. The molecule has 0 amide bonds. The summed E-state index contributed by atoms with van der Waals surface area (Å²) in [4.78, 5) is 11.1. The van der Waals surface area contributed by atoms with Crippen molar-refractivity contribution in [3.8, 4) is 11.5 Å². The van der Waals surface area contributed by atoms with Crippen LogP contribution in [0.5, 0.6) is 11.5 Å². The first-order valence-electron chi connectivity index (χ1n) is 7.34. The zero-order chi connectivity index (χ0) is 15.9. The Morgan fingerprint density at radius 3 is 2.23 bits per heavy atom. The molecule has 0 aromatic heterocycles. The summed E-state index contributed by atoms with van der Waals surface area (Å²) in [5.41, 5.74) is 2.54. The van der Waals surface area contributed by atoms with Gasteiger partial charge in [-0.15, -0.1) is 0 Å². The van der Waals surface area contributed by atoms with Gasteiger partial charge in [0.2, 0.25) is 6.79 Å². The molecule has 0 saturated heterocycles. The Morgan fingerprint density at radius 1 is 1.00 bits per heavy atom. The van der Waals surface area contributed by atoms with Crippen LogP contribution in [-0.2, 0) is 12.8 Å². The third-order valence-electron chi connectivity index (χ3n) is 3.40. The van der Waals surface area contributed by atoms with Gasteiger partial charge in [0.25, 0.3) is 0 Å². The summed E-state index contributed by atoms with van der Waals surface area (Å²) >= 11 is 0. The monoisotopic (exact) mass is 300 g/mol. The summed E-state index contributed by atoms with van der Waals surface area (Å²) in [7, 11) is 0. The van der Waals surface area contributed by atoms with Crippen LogP contribution in [0.3, 0.4) is 0 Å². The van der Waals surface area contributed by atoms with Crippen molar-refractivity contribution in [1.82, 2.24) is 0 Å². The smallest absolute Gasteiger partial charge is 0.339 e. The lowest BCUT2D eigenvalue weighted by atomic mass is 10.1. The molecule has 0 bridgehead atoms. The van der Waals surface area contributed by atoms with E-state index in [0.29, 0.717) is 5.75 Å². The van der Waals surface area contributed by atoms with Gasteiger partial charge in [-0.3, -0.25) is 0 Å². The third-order valence-corrected chi connectivity index (χ3v) is 3.40. The Kier molecular flexibility index (Phi) is 5.42. The molecule has 4 nitrogen and oxygen atoms in total. The van der Waals surface area contributed by atoms with Crippen LogP contribution in [0.25, 0.3) is 0 Å². The van der Waals surface area contributed by atoms with Gasteiger partial charge in [0, 0.05) is 0 Å². The second-order valence-corrected chi connectivity index (χ2v) is 4.90. The van der Waals surface area contributed by atoms with Crippen LogP contribution in [-0.4, -0.2) is 17.9 Å². The van der Waals surface area contributed by atoms with Crippen molar-refractivity contribution < 1.29 is 19.4 Å². The second-order valence-electron chi connectivity index (χ2n) is 4.90. The Bertz CT molecular complexity index is 627. The molecule has 0 heterocycles. The average Bonchev–Trinajstić information content (AvgIpc) is 2.54. The van der Waals surface area contributed by atoms with E-state index in [1.165, 1.54) is 17.2 Å². The molecule has 0 saturated carbocycles. The molecule has 116 valence electrons. The van der Waals surface area contributed by atoms with E-state index in [2.05, 4.69) is 19.9 Å². The first kappa shape index (κ1) is 15.9. The van der Waals surface area contributed by atoms with Crippen molar-refractivity contribution >= 4 is 5.97 Å². The van der Waals surface area contributed by atoms with E-state index in [1.54, 1.807) is 18.2 Å². The number of carboxylic acid groups (broad SMARTS) is 1. The summed E-state index contributed by atoms with van der Waals surface area (Å²) in [6, 6.07) is 12.6. The third kappa shape index (κ3) is 4.01. The number of aryl methyl sites for hydroxylation is 2. The molecule has 2 aromatic carbocycles. The largest absolute Gasteiger partial charge is 0.478 e. The highest BCUT2D eigenvalue weighted by Crippen LogP contribution is 2.20. The molecule has 2 aromatic rings. The van der Waals surface area contributed by atoms with Crippen molar-refractivity contribution in [2.45, 2.75) is 26.7 Å². The van der Waals surface area contributed by atoms with E-state index in [9.17, 15) is 4.79 Å². The van der Waals surface area contributed by atoms with Crippen molar-refractivity contribution in [2.24, 2.45) is 0 Å². The van der Waals surface area contributed by atoms with Crippen LogP contribution in [0.4, 0.5) is 0 Å². The second kappa shape index (κ2) is 7.50. The first-order chi connectivity index (χ1) is 10.6. The number of aromatic carboxylic acids is 1. The normalized spacial score (nSPS) is 10.3. The van der Waals surface area contributed by atoms with E-state index in [0.717, 1.165) is 18.6 Å². The van der Waals surface area contributed by atoms with Crippen LogP contribution < -0.4 is 9.47 Å². The van der Waals surface area contributed by atoms with Crippen LogP contribution in [0.1, 0.15) is 35.3 Å². The van der Waals surface area contributed by atoms with Gasteiger partial charge in [-0.25, -0.2) is 4.79 Å². The zero-order valence-electron chi connectivity index (χ0n) is 12.8. The SMILES string of the molecule is CCc1cc(CC)cc(OCOc2ccccc2C(=O)O)c1. The minimum Gasteiger partial charge on any atom is -0.478 e. The van der Waals surface area contributed by atoms with Crippen molar-refractivity contribution in [3.63, 3.8) is 0 Å². The van der Waals surface area contributed by atoms with Gasteiger partial charge in [0.05, 0.1) is 0 Å². The molecule has 1 N–H and O–H groups in total. The van der Waals surface area contributed by atoms with Gasteiger partial charge in [-0.1, -0.05) is 32.0 Å². The Labute approximate surface area is 130 Å². The fourth-order valence-electron chi connectivity index (χ4n) is 2.15. The number of ether oxygens (including phenoxy) is 2. The number of rotatable bonds is 7. The zero-order valence-corrected chi connectivity index (χ0v) is 12.8. The maximum Gasteiger partial charge on any atom is 0.339 e. The van der Waals surface area contributed by atoms with Crippen molar-refractivity contribution in [2.75, 3.05) is 6.79 Å². The Hall–Kier alpha value is -2.49. The van der Waals surface area contributed by atoms with E-state index in [4.69, 9.17) is 14.6 Å². The van der Waals surface area contributed by atoms with Gasteiger partial charge >= 0.3 is 5.97 Å². The van der Waals surface area contributed by atoms with E-state index in [1.807, 2.05) is 12.1 Å². The summed E-state index contributed by atoms with van der Waals surface area (Å²) in [5, 5.41) is 9.10. The van der Waals surface area contributed by atoms with Crippen molar-refractivity contribution in [3.05, 3.63) is 59.2 Å². The van der Waals surface area contributed by atoms with Crippen LogP contribution in [0, 0.1) is 0 Å². The predicted octanol–water partition coefficient (Wildman–Crippen LogP) is 3.92. The Balaban J connectivity index is 2.04. The van der Waals surface area contributed by atoms with Crippen molar-refractivity contribution in [1.29, 1.82) is 0 Å². The maximum absolute atomic E-state index is 11.1. The number of para-hydroxylation sites is 1. The molecule has 22 heavy (non-hydrogen) atoms. The number of hydrogen-bond donors (Lipinski definition) is 1. The van der Waals surface area contributed by atoms with Gasteiger partial charge in [0.1, 0.15) is 17.1 Å². The lowest BCUT2D eigenvalue weighted by Crippen LogP contribution is -2.09. The highest BCUT2D eigenvalue weighted by atomic mass is 16.7. The summed E-state index contributed by atoms with van der Waals surface area (Å²) < 4.78 is 11.1. The molecular formula is C18H20O4. The molecule has 2 rings (SSSR count). The molecule has 0 fully saturated rings. The minimum atomic E-state index is -1.02. The number of carbonyl (C=O) groups is 1. The predicted molar refractivity (Wildman–Crippen MR) is 84.7 cm³/mol. The molecule has 0 radical (unpaired) electrons. The molecule has 0 aliphatic rings. The highest BCUT2D eigenvalue weighted by Gasteiger charge is 2.10. The number of hydrogen-bond acceptors (Lipinski definition) is 3. The topological polar surface area (TPSA) is 55.8 Å². The lowest BCUT2D eigenvalue weighted by molar-refractivity contribution is 0.0682. The van der Waals surface area contributed by atoms with E-state index < -0.39 is 5.97 Å². The number of benzene rings is 2. The van der Waals surface area contributed by atoms with Gasteiger partial charge in [-0.05, 0) is 48.2 Å². The fourth-order valence-corrected chi connectivity index (χ4v) is 2.15.